The molecule has 1 N–H and O–H groups in total. The number of aromatic nitrogens is 3. The quantitative estimate of drug-likeness (QED) is 0.638. The Morgan fingerprint density at radius 1 is 1.13 bits per heavy atom. The Labute approximate surface area is 188 Å². The molecule has 3 heterocycles. The number of fused-ring (bicyclic) bond motifs is 1. The lowest BCUT2D eigenvalue weighted by molar-refractivity contribution is -0.132. The highest BCUT2D eigenvalue weighted by molar-refractivity contribution is 7.20. The van der Waals surface area contributed by atoms with Crippen molar-refractivity contribution in [3.05, 3.63) is 30.3 Å². The van der Waals surface area contributed by atoms with E-state index in [4.69, 9.17) is 10.1 Å². The largest absolute Gasteiger partial charge is 0.364 e. The van der Waals surface area contributed by atoms with Gasteiger partial charge in [-0.25, -0.2) is 4.98 Å². The van der Waals surface area contributed by atoms with Gasteiger partial charge in [-0.15, -0.1) is 5.10 Å². The zero-order valence-electron chi connectivity index (χ0n) is 19.1. The van der Waals surface area contributed by atoms with E-state index in [9.17, 15) is 4.79 Å². The highest BCUT2D eigenvalue weighted by Crippen LogP contribution is 2.34. The average molecular weight is 441 g/mol. The van der Waals surface area contributed by atoms with Gasteiger partial charge in [0.25, 0.3) is 0 Å². The maximum Gasteiger partial charge on any atom is 0.222 e. The van der Waals surface area contributed by atoms with Gasteiger partial charge in [-0.3, -0.25) is 4.79 Å². The fraction of sp³-hybridized carbons (Fsp3) is 0.522. The Bertz CT molecular complexity index is 1040. The number of nitrogens with one attached hydrogen (secondary N) is 1. The minimum absolute atomic E-state index is 0.119. The van der Waals surface area contributed by atoms with E-state index in [-0.39, 0.29) is 11.4 Å². The smallest absolute Gasteiger partial charge is 0.222 e. The van der Waals surface area contributed by atoms with E-state index < -0.39 is 0 Å². The number of rotatable bonds is 5. The van der Waals surface area contributed by atoms with Crippen molar-refractivity contribution < 1.29 is 4.79 Å². The van der Waals surface area contributed by atoms with Crippen molar-refractivity contribution in [2.24, 2.45) is 5.92 Å². The van der Waals surface area contributed by atoms with Crippen molar-refractivity contribution in [2.75, 3.05) is 36.4 Å². The van der Waals surface area contributed by atoms with Gasteiger partial charge < -0.3 is 15.1 Å². The first kappa shape index (κ1) is 21.6. The van der Waals surface area contributed by atoms with Gasteiger partial charge >= 0.3 is 0 Å². The molecule has 0 bridgehead atoms. The van der Waals surface area contributed by atoms with Crippen molar-refractivity contribution in [1.29, 1.82) is 0 Å². The summed E-state index contributed by atoms with van der Waals surface area (Å²) in [5.74, 6) is 1.57. The Balaban J connectivity index is 1.58. The summed E-state index contributed by atoms with van der Waals surface area (Å²) in [6, 6.07) is 10.2. The molecule has 0 radical (unpaired) electrons. The lowest BCUT2D eigenvalue weighted by atomic mass is 10.1. The van der Waals surface area contributed by atoms with Crippen molar-refractivity contribution in [3.8, 4) is 11.3 Å². The van der Waals surface area contributed by atoms with Crippen molar-refractivity contribution in [3.63, 3.8) is 0 Å². The van der Waals surface area contributed by atoms with Crippen LogP contribution in [0.5, 0.6) is 0 Å². The molecule has 1 saturated heterocycles. The maximum absolute atomic E-state index is 12.4. The molecule has 8 heteroatoms. The molecule has 0 saturated carbocycles. The summed E-state index contributed by atoms with van der Waals surface area (Å²) in [6.07, 6.45) is 0.620. The Morgan fingerprint density at radius 3 is 2.42 bits per heavy atom. The Hall–Kier alpha value is -2.61. The normalized spacial score (nSPS) is 15.2. The molecule has 3 aromatic rings. The van der Waals surface area contributed by atoms with E-state index in [1.54, 1.807) is 11.3 Å². The molecule has 0 spiro atoms. The number of benzene rings is 1. The lowest BCUT2D eigenvalue weighted by Crippen LogP contribution is -2.49. The van der Waals surface area contributed by atoms with Crippen LogP contribution < -0.4 is 10.2 Å². The van der Waals surface area contributed by atoms with Crippen LogP contribution >= 0.6 is 11.3 Å². The molecule has 0 aliphatic carbocycles. The molecular formula is C23H32N6OS. The number of hydrogen-bond donors (Lipinski definition) is 1. The number of carbonyl (C=O) groups excluding carboxylic acids is 1. The van der Waals surface area contributed by atoms with Gasteiger partial charge in [-0.2, -0.15) is 4.52 Å². The van der Waals surface area contributed by atoms with Crippen LogP contribution in [-0.2, 0) is 4.79 Å². The second-order valence-electron chi connectivity index (χ2n) is 9.59. The molecule has 1 fully saturated rings. The average Bonchev–Trinajstić information content (AvgIpc) is 3.27. The second kappa shape index (κ2) is 8.49. The van der Waals surface area contributed by atoms with Gasteiger partial charge in [0.15, 0.2) is 5.82 Å². The maximum atomic E-state index is 12.4. The third-order valence-corrected chi connectivity index (χ3v) is 6.19. The first-order chi connectivity index (χ1) is 14.7. The van der Waals surface area contributed by atoms with Crippen LogP contribution in [0, 0.1) is 5.92 Å². The van der Waals surface area contributed by atoms with E-state index >= 15 is 0 Å². The molecule has 1 aliphatic rings. The molecule has 4 rings (SSSR count). The molecule has 0 atom stereocenters. The molecule has 1 aliphatic heterocycles. The number of imidazole rings is 1. The molecule has 1 aromatic carbocycles. The summed E-state index contributed by atoms with van der Waals surface area (Å²) in [5, 5.41) is 9.47. The summed E-state index contributed by atoms with van der Waals surface area (Å²) in [7, 11) is 0. The minimum atomic E-state index is -0.119. The van der Waals surface area contributed by atoms with Crippen LogP contribution in [-0.4, -0.2) is 57.1 Å². The fourth-order valence-corrected chi connectivity index (χ4v) is 4.71. The number of carbonyl (C=O) groups is 1. The summed E-state index contributed by atoms with van der Waals surface area (Å²) in [5.41, 5.74) is 1.88. The lowest BCUT2D eigenvalue weighted by Gasteiger charge is -2.34. The van der Waals surface area contributed by atoms with E-state index in [1.807, 2.05) is 27.6 Å². The van der Waals surface area contributed by atoms with Gasteiger partial charge in [-0.05, 0) is 26.7 Å². The molecule has 1 amide bonds. The minimum Gasteiger partial charge on any atom is -0.364 e. The molecule has 166 valence electrons. The first-order valence-electron chi connectivity index (χ1n) is 11.0. The number of piperazine rings is 1. The van der Waals surface area contributed by atoms with Gasteiger partial charge in [0.2, 0.25) is 16.0 Å². The van der Waals surface area contributed by atoms with Gasteiger partial charge in [0.1, 0.15) is 5.69 Å². The summed E-state index contributed by atoms with van der Waals surface area (Å²) < 4.78 is 1.93. The van der Waals surface area contributed by atoms with Crippen molar-refractivity contribution in [2.45, 2.75) is 46.6 Å². The van der Waals surface area contributed by atoms with Gasteiger partial charge in [-0.1, -0.05) is 55.5 Å². The SMILES string of the molecule is CC(C)CC(=O)N1CCN(c2nn3c(NC(C)(C)C)c(-c4ccccc4)nc3s2)CC1. The molecular weight excluding hydrogens is 408 g/mol. The number of amides is 1. The standard InChI is InChI=1S/C23H32N6OS/c1-16(2)15-18(30)27-11-13-28(14-12-27)22-26-29-20(25-23(3,4)5)19(24-21(29)31-22)17-9-7-6-8-10-17/h6-10,16,25H,11-15H2,1-5H3. The van der Waals surface area contributed by atoms with Crippen LogP contribution in [0.25, 0.3) is 16.2 Å². The van der Waals surface area contributed by atoms with Crippen molar-refractivity contribution >= 4 is 33.2 Å². The summed E-state index contributed by atoms with van der Waals surface area (Å²) in [6.45, 7) is 13.7. The highest BCUT2D eigenvalue weighted by atomic mass is 32.1. The topological polar surface area (TPSA) is 65.8 Å². The number of anilines is 2. The zero-order valence-corrected chi connectivity index (χ0v) is 19.9. The van der Waals surface area contributed by atoms with E-state index in [2.05, 4.69) is 57.0 Å². The van der Waals surface area contributed by atoms with Crippen LogP contribution in [0.15, 0.2) is 30.3 Å². The van der Waals surface area contributed by atoms with Crippen LogP contribution in [0.3, 0.4) is 0 Å². The van der Waals surface area contributed by atoms with E-state index in [1.165, 1.54) is 0 Å². The summed E-state index contributed by atoms with van der Waals surface area (Å²) in [4.78, 5) is 22.4. The molecule has 7 nitrogen and oxygen atoms in total. The highest BCUT2D eigenvalue weighted by Gasteiger charge is 2.26. The Kier molecular flexibility index (Phi) is 5.92. The van der Waals surface area contributed by atoms with Crippen LogP contribution in [0.2, 0.25) is 0 Å². The van der Waals surface area contributed by atoms with E-state index in [0.717, 1.165) is 53.3 Å². The van der Waals surface area contributed by atoms with E-state index in [0.29, 0.717) is 12.3 Å². The number of nitrogens with zero attached hydrogens (tertiary/aromatic N) is 5. The van der Waals surface area contributed by atoms with Crippen molar-refractivity contribution in [1.82, 2.24) is 19.5 Å². The third-order valence-electron chi connectivity index (χ3n) is 5.22. The van der Waals surface area contributed by atoms with Gasteiger partial charge in [0.05, 0.1) is 0 Å². The Morgan fingerprint density at radius 2 is 1.81 bits per heavy atom. The predicted octanol–water partition coefficient (Wildman–Crippen LogP) is 4.36. The molecule has 0 unspecified atom stereocenters. The van der Waals surface area contributed by atoms with Crippen LogP contribution in [0.1, 0.15) is 41.0 Å². The van der Waals surface area contributed by atoms with Gasteiger partial charge in [0, 0.05) is 43.7 Å². The first-order valence-corrected chi connectivity index (χ1v) is 11.8. The fourth-order valence-electron chi connectivity index (χ4n) is 3.76. The zero-order chi connectivity index (χ0) is 22.2. The number of hydrogen-bond acceptors (Lipinski definition) is 6. The second-order valence-corrected chi connectivity index (χ2v) is 10.5. The van der Waals surface area contributed by atoms with Crippen LogP contribution in [0.4, 0.5) is 10.9 Å². The molecule has 31 heavy (non-hydrogen) atoms. The third kappa shape index (κ3) is 4.84. The summed E-state index contributed by atoms with van der Waals surface area (Å²) >= 11 is 1.60. The molecule has 2 aromatic heterocycles. The predicted molar refractivity (Wildman–Crippen MR) is 128 cm³/mol. The monoisotopic (exact) mass is 440 g/mol.